The van der Waals surface area contributed by atoms with Gasteiger partial charge in [0.15, 0.2) is 0 Å². The van der Waals surface area contributed by atoms with E-state index in [0.717, 1.165) is 18.7 Å². The lowest BCUT2D eigenvalue weighted by atomic mass is 9.95. The van der Waals surface area contributed by atoms with Crippen LogP contribution in [0.1, 0.15) is 22.7 Å². The Hall–Kier alpha value is -2.38. The molecule has 2 saturated heterocycles. The molecule has 0 aromatic heterocycles. The highest BCUT2D eigenvalue weighted by Gasteiger charge is 2.46. The van der Waals surface area contributed by atoms with Gasteiger partial charge < -0.3 is 14.7 Å². The number of nitrogens with zero attached hydrogens (tertiary/aromatic N) is 2. The maximum absolute atomic E-state index is 13.1. The van der Waals surface area contributed by atoms with Crippen LogP contribution in [0.3, 0.4) is 0 Å². The average Bonchev–Trinajstić information content (AvgIpc) is 3.03. The summed E-state index contributed by atoms with van der Waals surface area (Å²) in [5, 5.41) is 11.9. The highest BCUT2D eigenvalue weighted by atomic mass is 35.5. The van der Waals surface area contributed by atoms with Crippen molar-refractivity contribution in [3.05, 3.63) is 74.8 Å². The third-order valence-corrected chi connectivity index (χ3v) is 6.45. The van der Waals surface area contributed by atoms with Crippen LogP contribution in [-0.4, -0.2) is 66.0 Å². The summed E-state index contributed by atoms with van der Waals surface area (Å²) in [5.74, 6) is -1.59. The maximum Gasteiger partial charge on any atom is 0.295 e. The third-order valence-electron chi connectivity index (χ3n) is 5.88. The van der Waals surface area contributed by atoms with Crippen LogP contribution >= 0.6 is 23.2 Å². The highest BCUT2D eigenvalue weighted by molar-refractivity contribution is 6.47. The number of ether oxygens (including phenoxy) is 1. The molecule has 1 N–H and O–H groups in total. The van der Waals surface area contributed by atoms with E-state index in [0.29, 0.717) is 47.5 Å². The Morgan fingerprint density at radius 2 is 1.75 bits per heavy atom. The number of ketones is 1. The summed E-state index contributed by atoms with van der Waals surface area (Å²) in [4.78, 5) is 29.8. The normalized spacial score (nSPS) is 21.3. The van der Waals surface area contributed by atoms with Gasteiger partial charge in [-0.15, -0.1) is 0 Å². The predicted molar refractivity (Wildman–Crippen MR) is 124 cm³/mol. The SMILES string of the molecule is Cc1ccc(C(O)=C2C(=O)C(=O)N(CCN3CCOCC3)[C@H]2c2ccc(Cl)cc2Cl)cc1. The van der Waals surface area contributed by atoms with Gasteiger partial charge in [0.05, 0.1) is 24.8 Å². The molecule has 4 rings (SSSR count). The number of morpholine rings is 1. The molecular formula is C24H24Cl2N2O4. The number of likely N-dealkylation sites (tertiary alicyclic amines) is 1. The summed E-state index contributed by atoms with van der Waals surface area (Å²) >= 11 is 12.6. The number of hydrogen-bond acceptors (Lipinski definition) is 5. The van der Waals surface area contributed by atoms with Gasteiger partial charge in [0.25, 0.3) is 11.7 Å². The van der Waals surface area contributed by atoms with Crippen LogP contribution in [0.4, 0.5) is 0 Å². The summed E-state index contributed by atoms with van der Waals surface area (Å²) in [6, 6.07) is 11.3. The highest BCUT2D eigenvalue weighted by Crippen LogP contribution is 2.42. The summed E-state index contributed by atoms with van der Waals surface area (Å²) in [6.45, 7) is 5.64. The van der Waals surface area contributed by atoms with Crippen LogP contribution in [0, 0.1) is 6.92 Å². The first-order valence-electron chi connectivity index (χ1n) is 10.5. The first-order chi connectivity index (χ1) is 15.4. The second-order valence-corrected chi connectivity index (χ2v) is 8.82. The van der Waals surface area contributed by atoms with Crippen molar-refractivity contribution in [2.24, 2.45) is 0 Å². The van der Waals surface area contributed by atoms with E-state index in [2.05, 4.69) is 4.90 Å². The molecule has 0 unspecified atom stereocenters. The van der Waals surface area contributed by atoms with Crippen molar-refractivity contribution in [1.82, 2.24) is 9.80 Å². The summed E-state index contributed by atoms with van der Waals surface area (Å²) < 4.78 is 5.39. The first kappa shape index (κ1) is 22.8. The molecule has 1 amide bonds. The zero-order chi connectivity index (χ0) is 22.8. The van der Waals surface area contributed by atoms with Crippen molar-refractivity contribution in [2.45, 2.75) is 13.0 Å². The topological polar surface area (TPSA) is 70.1 Å². The average molecular weight is 475 g/mol. The molecular weight excluding hydrogens is 451 g/mol. The Morgan fingerprint density at radius 3 is 2.41 bits per heavy atom. The zero-order valence-corrected chi connectivity index (χ0v) is 19.2. The molecule has 2 fully saturated rings. The molecule has 2 aromatic carbocycles. The number of hydrogen-bond donors (Lipinski definition) is 1. The Balaban J connectivity index is 1.76. The minimum Gasteiger partial charge on any atom is -0.507 e. The Kier molecular flexibility index (Phi) is 6.86. The van der Waals surface area contributed by atoms with Crippen molar-refractivity contribution in [2.75, 3.05) is 39.4 Å². The lowest BCUT2D eigenvalue weighted by Gasteiger charge is -2.31. The number of aliphatic hydroxyl groups is 1. The maximum atomic E-state index is 13.1. The van der Waals surface area contributed by atoms with Crippen LogP contribution in [0.5, 0.6) is 0 Å². The zero-order valence-electron chi connectivity index (χ0n) is 17.7. The van der Waals surface area contributed by atoms with Crippen molar-refractivity contribution >= 4 is 40.7 Å². The van der Waals surface area contributed by atoms with Crippen molar-refractivity contribution in [3.63, 3.8) is 0 Å². The number of benzene rings is 2. The van der Waals surface area contributed by atoms with E-state index in [1.54, 1.807) is 30.3 Å². The van der Waals surface area contributed by atoms with E-state index in [1.165, 1.54) is 4.90 Å². The van der Waals surface area contributed by atoms with E-state index >= 15 is 0 Å². The van der Waals surface area contributed by atoms with Crippen molar-refractivity contribution in [3.8, 4) is 0 Å². The number of Topliss-reactive ketones (excluding diaryl/α,β-unsaturated/α-hetero) is 1. The summed E-state index contributed by atoms with van der Waals surface area (Å²) in [7, 11) is 0. The molecule has 168 valence electrons. The number of rotatable bonds is 5. The molecule has 0 aliphatic carbocycles. The Labute approximate surface area is 197 Å². The van der Waals surface area contributed by atoms with E-state index < -0.39 is 17.7 Å². The molecule has 32 heavy (non-hydrogen) atoms. The van der Waals surface area contributed by atoms with Crippen molar-refractivity contribution in [1.29, 1.82) is 0 Å². The molecule has 0 radical (unpaired) electrons. The van der Waals surface area contributed by atoms with E-state index in [9.17, 15) is 14.7 Å². The van der Waals surface area contributed by atoms with Gasteiger partial charge in [0.1, 0.15) is 5.76 Å². The molecule has 2 heterocycles. The van der Waals surface area contributed by atoms with E-state index in [1.807, 2.05) is 19.1 Å². The number of carbonyl (C=O) groups is 2. The van der Waals surface area contributed by atoms with Gasteiger partial charge in [0, 0.05) is 41.8 Å². The fraction of sp³-hybridized carbons (Fsp3) is 0.333. The van der Waals surface area contributed by atoms with Crippen LogP contribution in [0.2, 0.25) is 10.0 Å². The van der Waals surface area contributed by atoms with Crippen molar-refractivity contribution < 1.29 is 19.4 Å². The standard InChI is InChI=1S/C24H24Cl2N2O4/c1-15-2-4-16(5-3-15)22(29)20-21(18-7-6-17(25)14-19(18)26)28(24(31)23(20)30)9-8-27-10-12-32-13-11-27/h2-7,14,21,29H,8-13H2,1H3/t21-/m0/s1. The van der Waals surface area contributed by atoms with Gasteiger partial charge in [-0.3, -0.25) is 14.5 Å². The van der Waals surface area contributed by atoms with Gasteiger partial charge in [0.2, 0.25) is 0 Å². The molecule has 6 nitrogen and oxygen atoms in total. The molecule has 2 aliphatic heterocycles. The molecule has 2 aliphatic rings. The van der Waals surface area contributed by atoms with Gasteiger partial charge in [-0.1, -0.05) is 59.1 Å². The lowest BCUT2D eigenvalue weighted by molar-refractivity contribution is -0.140. The predicted octanol–water partition coefficient (Wildman–Crippen LogP) is 4.06. The molecule has 0 spiro atoms. The van der Waals surface area contributed by atoms with Crippen LogP contribution in [-0.2, 0) is 14.3 Å². The van der Waals surface area contributed by atoms with E-state index in [4.69, 9.17) is 27.9 Å². The Morgan fingerprint density at radius 1 is 1.06 bits per heavy atom. The molecule has 1 atom stereocenters. The number of carbonyl (C=O) groups excluding carboxylic acids is 2. The quantitative estimate of drug-likeness (QED) is 0.402. The number of aliphatic hydroxyl groups excluding tert-OH is 1. The second kappa shape index (κ2) is 9.63. The molecule has 2 aromatic rings. The molecule has 0 bridgehead atoms. The van der Waals surface area contributed by atoms with Crippen LogP contribution in [0.15, 0.2) is 48.0 Å². The smallest absolute Gasteiger partial charge is 0.295 e. The minimum absolute atomic E-state index is 0.0325. The fourth-order valence-electron chi connectivity index (χ4n) is 4.10. The van der Waals surface area contributed by atoms with E-state index in [-0.39, 0.29) is 11.3 Å². The molecule has 8 heteroatoms. The number of amides is 1. The summed E-state index contributed by atoms with van der Waals surface area (Å²) in [5.41, 5.74) is 2.07. The fourth-order valence-corrected chi connectivity index (χ4v) is 4.61. The second-order valence-electron chi connectivity index (χ2n) is 7.98. The monoisotopic (exact) mass is 474 g/mol. The third kappa shape index (κ3) is 4.55. The van der Waals surface area contributed by atoms with Gasteiger partial charge in [-0.25, -0.2) is 0 Å². The number of halogens is 2. The first-order valence-corrected chi connectivity index (χ1v) is 11.2. The van der Waals surface area contributed by atoms with Crippen LogP contribution < -0.4 is 0 Å². The minimum atomic E-state index is -0.804. The van der Waals surface area contributed by atoms with Gasteiger partial charge in [-0.05, 0) is 24.6 Å². The van der Waals surface area contributed by atoms with Crippen LogP contribution in [0.25, 0.3) is 5.76 Å². The van der Waals surface area contributed by atoms with Gasteiger partial charge >= 0.3 is 0 Å². The summed E-state index contributed by atoms with van der Waals surface area (Å²) in [6.07, 6.45) is 0. The lowest BCUT2D eigenvalue weighted by Crippen LogP contribution is -2.42. The number of aryl methyl sites for hydroxylation is 1. The largest absolute Gasteiger partial charge is 0.507 e. The van der Waals surface area contributed by atoms with Gasteiger partial charge in [-0.2, -0.15) is 0 Å². The Bertz CT molecular complexity index is 1060. The molecule has 0 saturated carbocycles.